The van der Waals surface area contributed by atoms with E-state index in [1.54, 1.807) is 73.1 Å². The fraction of sp³-hybridized carbons (Fsp3) is 0.0952. The van der Waals surface area contributed by atoms with Crippen LogP contribution in [-0.2, 0) is 10.0 Å². The molecule has 30 heavy (non-hydrogen) atoms. The molecule has 0 amide bonds. The van der Waals surface area contributed by atoms with Crippen LogP contribution in [0.4, 0.5) is 5.69 Å². The van der Waals surface area contributed by atoms with Gasteiger partial charge in [0.1, 0.15) is 11.6 Å². The molecule has 0 saturated carbocycles. The number of hydrogen-bond acceptors (Lipinski definition) is 6. The highest BCUT2D eigenvalue weighted by atomic mass is 32.2. The minimum Gasteiger partial charge on any atom is -0.438 e. The summed E-state index contributed by atoms with van der Waals surface area (Å²) in [5.74, 6) is 2.28. The van der Waals surface area contributed by atoms with Crippen molar-refractivity contribution in [3.63, 3.8) is 0 Å². The van der Waals surface area contributed by atoms with Gasteiger partial charge < -0.3 is 4.74 Å². The number of sulfonamides is 1. The van der Waals surface area contributed by atoms with Crippen LogP contribution in [0.15, 0.2) is 78.0 Å². The summed E-state index contributed by atoms with van der Waals surface area (Å²) in [6.07, 6.45) is 3.49. The average Bonchev–Trinajstić information content (AvgIpc) is 3.16. The summed E-state index contributed by atoms with van der Waals surface area (Å²) in [7, 11) is -3.65. The molecule has 0 bridgehead atoms. The number of aromatic nitrogens is 4. The lowest BCUT2D eigenvalue weighted by atomic mass is 10.2. The smallest absolute Gasteiger partial charge is 0.261 e. The SMILES string of the molecule is Cc1ccc(S(=O)(=O)Nc2ccc(Oc3ccc(-n4ccnc4C)nn3)cc2)cc1. The van der Waals surface area contributed by atoms with Crippen LogP contribution in [0.25, 0.3) is 5.82 Å². The summed E-state index contributed by atoms with van der Waals surface area (Å²) in [6.45, 7) is 3.78. The Balaban J connectivity index is 1.43. The zero-order valence-corrected chi connectivity index (χ0v) is 17.2. The van der Waals surface area contributed by atoms with Gasteiger partial charge >= 0.3 is 0 Å². The fourth-order valence-corrected chi connectivity index (χ4v) is 3.82. The second kappa shape index (κ2) is 7.96. The highest BCUT2D eigenvalue weighted by Crippen LogP contribution is 2.23. The van der Waals surface area contributed by atoms with Gasteiger partial charge in [0.25, 0.3) is 10.0 Å². The van der Waals surface area contributed by atoms with Crippen molar-refractivity contribution in [3.05, 3.63) is 84.4 Å². The van der Waals surface area contributed by atoms with Gasteiger partial charge in [0.2, 0.25) is 5.88 Å². The number of hydrogen-bond donors (Lipinski definition) is 1. The molecular weight excluding hydrogens is 402 g/mol. The first kappa shape index (κ1) is 19.6. The average molecular weight is 421 g/mol. The van der Waals surface area contributed by atoms with Crippen molar-refractivity contribution in [2.45, 2.75) is 18.7 Å². The van der Waals surface area contributed by atoms with Gasteiger partial charge in [-0.1, -0.05) is 17.7 Å². The molecule has 0 aliphatic heterocycles. The van der Waals surface area contributed by atoms with Gasteiger partial charge in [-0.3, -0.25) is 9.29 Å². The Bertz CT molecular complexity index is 1250. The molecule has 0 spiro atoms. The predicted molar refractivity (Wildman–Crippen MR) is 112 cm³/mol. The molecule has 152 valence electrons. The van der Waals surface area contributed by atoms with Crippen molar-refractivity contribution in [1.29, 1.82) is 0 Å². The molecule has 0 aliphatic rings. The summed E-state index contributed by atoms with van der Waals surface area (Å²) in [6, 6.07) is 16.7. The van der Waals surface area contributed by atoms with Crippen LogP contribution in [0.2, 0.25) is 0 Å². The first-order chi connectivity index (χ1) is 14.4. The number of anilines is 1. The van der Waals surface area contributed by atoms with E-state index in [0.717, 1.165) is 11.4 Å². The van der Waals surface area contributed by atoms with E-state index in [1.807, 2.05) is 18.4 Å². The minimum atomic E-state index is -3.65. The predicted octanol–water partition coefficient (Wildman–Crippen LogP) is 3.87. The number of ether oxygens (including phenoxy) is 1. The second-order valence-corrected chi connectivity index (χ2v) is 8.30. The van der Waals surface area contributed by atoms with E-state index in [0.29, 0.717) is 23.1 Å². The van der Waals surface area contributed by atoms with E-state index in [4.69, 9.17) is 4.74 Å². The Kier molecular flexibility index (Phi) is 5.20. The molecule has 4 rings (SSSR count). The maximum atomic E-state index is 12.5. The first-order valence-electron chi connectivity index (χ1n) is 9.12. The van der Waals surface area contributed by atoms with Crippen molar-refractivity contribution in [2.75, 3.05) is 4.72 Å². The van der Waals surface area contributed by atoms with Crippen LogP contribution in [-0.4, -0.2) is 28.2 Å². The monoisotopic (exact) mass is 421 g/mol. The third-order valence-electron chi connectivity index (χ3n) is 4.36. The number of rotatable bonds is 6. The molecule has 8 nitrogen and oxygen atoms in total. The molecule has 1 N–H and O–H groups in total. The number of nitrogens with zero attached hydrogens (tertiary/aromatic N) is 4. The summed E-state index contributed by atoms with van der Waals surface area (Å²) < 4.78 is 35.0. The van der Waals surface area contributed by atoms with Crippen LogP contribution >= 0.6 is 0 Å². The molecule has 0 radical (unpaired) electrons. The Morgan fingerprint density at radius 3 is 2.23 bits per heavy atom. The van der Waals surface area contributed by atoms with Crippen LogP contribution in [0.1, 0.15) is 11.4 Å². The summed E-state index contributed by atoms with van der Waals surface area (Å²) in [5.41, 5.74) is 1.42. The van der Waals surface area contributed by atoms with Gasteiger partial charge in [-0.05, 0) is 56.3 Å². The van der Waals surface area contributed by atoms with E-state index in [1.165, 1.54) is 0 Å². The molecular formula is C21H19N5O3S. The molecule has 0 aliphatic carbocycles. The standard InChI is InChI=1S/C21H19N5O3S/c1-15-3-9-19(10-4-15)30(27,28)25-17-5-7-18(8-6-17)29-21-12-11-20(23-24-21)26-14-13-22-16(26)2/h3-14,25H,1-2H3. The van der Waals surface area contributed by atoms with E-state index >= 15 is 0 Å². The quantitative estimate of drug-likeness (QED) is 0.507. The maximum Gasteiger partial charge on any atom is 0.261 e. The first-order valence-corrected chi connectivity index (χ1v) is 10.6. The van der Waals surface area contributed by atoms with Gasteiger partial charge in [0.05, 0.1) is 4.90 Å². The van der Waals surface area contributed by atoms with Gasteiger partial charge in [0, 0.05) is 24.1 Å². The minimum absolute atomic E-state index is 0.205. The Morgan fingerprint density at radius 2 is 1.63 bits per heavy atom. The highest BCUT2D eigenvalue weighted by molar-refractivity contribution is 7.92. The number of nitrogens with one attached hydrogen (secondary N) is 1. The lowest BCUT2D eigenvalue weighted by Crippen LogP contribution is -2.12. The van der Waals surface area contributed by atoms with Crippen LogP contribution < -0.4 is 9.46 Å². The fourth-order valence-electron chi connectivity index (χ4n) is 2.76. The molecule has 2 heterocycles. The third-order valence-corrected chi connectivity index (χ3v) is 5.76. The number of benzene rings is 2. The van der Waals surface area contributed by atoms with Crippen molar-refractivity contribution in [1.82, 2.24) is 19.7 Å². The second-order valence-electron chi connectivity index (χ2n) is 6.62. The Labute approximate surface area is 174 Å². The van der Waals surface area contributed by atoms with E-state index in [9.17, 15) is 8.42 Å². The van der Waals surface area contributed by atoms with Crippen molar-refractivity contribution < 1.29 is 13.2 Å². The van der Waals surface area contributed by atoms with Crippen molar-refractivity contribution >= 4 is 15.7 Å². The van der Waals surface area contributed by atoms with E-state index < -0.39 is 10.0 Å². The van der Waals surface area contributed by atoms with Crippen molar-refractivity contribution in [3.8, 4) is 17.4 Å². The van der Waals surface area contributed by atoms with Gasteiger partial charge in [0.15, 0.2) is 5.82 Å². The summed E-state index contributed by atoms with van der Waals surface area (Å²) in [5, 5.41) is 8.21. The van der Waals surface area contributed by atoms with Crippen molar-refractivity contribution in [2.24, 2.45) is 0 Å². The number of imidazole rings is 1. The van der Waals surface area contributed by atoms with Gasteiger partial charge in [-0.15, -0.1) is 10.2 Å². The van der Waals surface area contributed by atoms with Crippen LogP contribution in [0, 0.1) is 13.8 Å². The lowest BCUT2D eigenvalue weighted by Gasteiger charge is -2.10. The summed E-state index contributed by atoms with van der Waals surface area (Å²) >= 11 is 0. The Morgan fingerprint density at radius 1 is 0.900 bits per heavy atom. The zero-order valence-electron chi connectivity index (χ0n) is 16.4. The molecule has 0 atom stereocenters. The number of aryl methyl sites for hydroxylation is 2. The molecule has 2 aromatic heterocycles. The lowest BCUT2D eigenvalue weighted by molar-refractivity contribution is 0.454. The highest BCUT2D eigenvalue weighted by Gasteiger charge is 2.14. The van der Waals surface area contributed by atoms with Gasteiger partial charge in [-0.25, -0.2) is 13.4 Å². The molecule has 0 saturated heterocycles. The zero-order chi connectivity index (χ0) is 21.1. The Hall–Kier alpha value is -3.72. The van der Waals surface area contributed by atoms with Crippen LogP contribution in [0.3, 0.4) is 0 Å². The van der Waals surface area contributed by atoms with E-state index in [-0.39, 0.29) is 4.90 Å². The van der Waals surface area contributed by atoms with E-state index in [2.05, 4.69) is 19.9 Å². The molecule has 2 aromatic carbocycles. The normalized spacial score (nSPS) is 11.3. The molecule has 9 heteroatoms. The van der Waals surface area contributed by atoms with Crippen LogP contribution in [0.5, 0.6) is 11.6 Å². The maximum absolute atomic E-state index is 12.5. The third kappa shape index (κ3) is 4.31. The topological polar surface area (TPSA) is 99.0 Å². The van der Waals surface area contributed by atoms with Gasteiger partial charge in [-0.2, -0.15) is 0 Å². The molecule has 4 aromatic rings. The largest absolute Gasteiger partial charge is 0.438 e. The summed E-state index contributed by atoms with van der Waals surface area (Å²) in [4.78, 5) is 4.36. The molecule has 0 fully saturated rings. The molecule has 0 unspecified atom stereocenters.